The largest absolute Gasteiger partial charge is 0.465 e. The van der Waals surface area contributed by atoms with Gasteiger partial charge < -0.3 is 5.11 Å². The molecule has 0 aliphatic carbocycles. The minimum atomic E-state index is -0.872. The summed E-state index contributed by atoms with van der Waals surface area (Å²) in [4.78, 5) is 15.6. The molecule has 4 heteroatoms. The summed E-state index contributed by atoms with van der Waals surface area (Å²) in [6.07, 6.45) is 0.279. The van der Waals surface area contributed by atoms with Gasteiger partial charge in [0.1, 0.15) is 0 Å². The van der Waals surface area contributed by atoms with E-state index in [0.29, 0.717) is 12.5 Å². The lowest BCUT2D eigenvalue weighted by Crippen LogP contribution is -2.44. The third-order valence-electron chi connectivity index (χ3n) is 5.33. The van der Waals surface area contributed by atoms with Gasteiger partial charge in [-0.25, -0.2) is 4.79 Å². The van der Waals surface area contributed by atoms with Gasteiger partial charge in [-0.15, -0.1) is 0 Å². The molecule has 1 N–H and O–H groups in total. The summed E-state index contributed by atoms with van der Waals surface area (Å²) in [6, 6.07) is 19.1. The Morgan fingerprint density at radius 3 is 2.48 bits per heavy atom. The van der Waals surface area contributed by atoms with E-state index in [4.69, 9.17) is 0 Å². The second kappa shape index (κ2) is 8.13. The smallest absolute Gasteiger partial charge is 0.408 e. The fourth-order valence-corrected chi connectivity index (χ4v) is 3.81. The third kappa shape index (κ3) is 5.10. The lowest BCUT2D eigenvalue weighted by molar-refractivity contribution is 0.0955. The highest BCUT2D eigenvalue weighted by atomic mass is 16.4. The predicted molar refractivity (Wildman–Crippen MR) is 109 cm³/mol. The first-order valence-corrected chi connectivity index (χ1v) is 9.68. The summed E-state index contributed by atoms with van der Waals surface area (Å²) in [6.45, 7) is 9.38. The number of likely N-dealkylation sites (tertiary alicyclic amines) is 1. The molecule has 1 amide bonds. The molecule has 1 aliphatic rings. The Labute approximate surface area is 162 Å². The number of carbonyl (C=O) groups is 1. The Morgan fingerprint density at radius 2 is 1.81 bits per heavy atom. The quantitative estimate of drug-likeness (QED) is 0.814. The monoisotopic (exact) mass is 366 g/mol. The molecule has 4 nitrogen and oxygen atoms in total. The van der Waals surface area contributed by atoms with Gasteiger partial charge in [0.2, 0.25) is 0 Å². The van der Waals surface area contributed by atoms with Crippen molar-refractivity contribution < 1.29 is 9.90 Å². The number of rotatable bonds is 5. The normalized spacial score (nSPS) is 17.8. The van der Waals surface area contributed by atoms with Crippen molar-refractivity contribution in [3.63, 3.8) is 0 Å². The first kappa shape index (κ1) is 19.4. The standard InChI is InChI=1S/C23H30N2O2/c1-23(2,3)25(22(26)27)16-19-10-7-11-20(14-19)21-12-13-24(17-21)15-18-8-5-4-6-9-18/h4-11,14,21H,12-13,15-17H2,1-3H3,(H,26,27). The van der Waals surface area contributed by atoms with E-state index in [0.717, 1.165) is 31.6 Å². The number of hydrogen-bond donors (Lipinski definition) is 1. The molecule has 1 heterocycles. The van der Waals surface area contributed by atoms with Crippen LogP contribution in [0.4, 0.5) is 4.79 Å². The van der Waals surface area contributed by atoms with Crippen LogP contribution in [0.2, 0.25) is 0 Å². The van der Waals surface area contributed by atoms with Crippen molar-refractivity contribution in [1.29, 1.82) is 0 Å². The van der Waals surface area contributed by atoms with Crippen LogP contribution in [0, 0.1) is 0 Å². The molecule has 0 bridgehead atoms. The zero-order valence-electron chi connectivity index (χ0n) is 16.6. The van der Waals surface area contributed by atoms with Gasteiger partial charge >= 0.3 is 6.09 Å². The van der Waals surface area contributed by atoms with Crippen LogP contribution in [-0.2, 0) is 13.1 Å². The van der Waals surface area contributed by atoms with Gasteiger partial charge in [0.15, 0.2) is 0 Å². The van der Waals surface area contributed by atoms with Crippen molar-refractivity contribution in [2.24, 2.45) is 0 Å². The Kier molecular flexibility index (Phi) is 5.85. The van der Waals surface area contributed by atoms with Gasteiger partial charge in [0, 0.05) is 25.2 Å². The lowest BCUT2D eigenvalue weighted by Gasteiger charge is -2.33. The average molecular weight is 367 g/mol. The Hall–Kier alpha value is -2.33. The van der Waals surface area contributed by atoms with Crippen LogP contribution >= 0.6 is 0 Å². The second-order valence-electron chi connectivity index (χ2n) is 8.49. The molecule has 1 unspecified atom stereocenters. The fourth-order valence-electron chi connectivity index (χ4n) is 3.81. The van der Waals surface area contributed by atoms with Crippen LogP contribution in [0.1, 0.15) is 49.8 Å². The highest BCUT2D eigenvalue weighted by Gasteiger charge is 2.27. The minimum absolute atomic E-state index is 0.415. The van der Waals surface area contributed by atoms with Crippen molar-refractivity contribution in [2.75, 3.05) is 13.1 Å². The van der Waals surface area contributed by atoms with Gasteiger partial charge in [-0.05, 0) is 56.3 Å². The van der Waals surface area contributed by atoms with E-state index in [2.05, 4.69) is 53.4 Å². The molecule has 0 saturated carbocycles. The number of carboxylic acid groups (broad SMARTS) is 1. The molecule has 0 spiro atoms. The van der Waals surface area contributed by atoms with E-state index in [1.165, 1.54) is 16.0 Å². The van der Waals surface area contributed by atoms with Crippen LogP contribution in [0.5, 0.6) is 0 Å². The van der Waals surface area contributed by atoms with Crippen molar-refractivity contribution in [3.05, 3.63) is 71.3 Å². The summed E-state index contributed by atoms with van der Waals surface area (Å²) in [5, 5.41) is 9.55. The first-order chi connectivity index (χ1) is 12.8. The Balaban J connectivity index is 1.66. The molecular weight excluding hydrogens is 336 g/mol. The van der Waals surface area contributed by atoms with Crippen LogP contribution in [0.25, 0.3) is 0 Å². The van der Waals surface area contributed by atoms with Crippen LogP contribution in [0.15, 0.2) is 54.6 Å². The molecule has 27 heavy (non-hydrogen) atoms. The van der Waals surface area contributed by atoms with Crippen LogP contribution < -0.4 is 0 Å². The van der Waals surface area contributed by atoms with Crippen molar-refractivity contribution in [2.45, 2.75) is 51.7 Å². The van der Waals surface area contributed by atoms with Crippen LogP contribution in [0.3, 0.4) is 0 Å². The molecule has 2 aromatic carbocycles. The van der Waals surface area contributed by atoms with E-state index in [-0.39, 0.29) is 0 Å². The summed E-state index contributed by atoms with van der Waals surface area (Å²) in [7, 11) is 0. The zero-order valence-corrected chi connectivity index (χ0v) is 16.6. The lowest BCUT2D eigenvalue weighted by atomic mass is 9.96. The maximum atomic E-state index is 11.6. The van der Waals surface area contributed by atoms with Gasteiger partial charge in [-0.1, -0.05) is 54.6 Å². The maximum absolute atomic E-state index is 11.6. The first-order valence-electron chi connectivity index (χ1n) is 9.68. The molecule has 1 atom stereocenters. The molecule has 1 fully saturated rings. The Bertz CT molecular complexity index is 767. The minimum Gasteiger partial charge on any atom is -0.465 e. The van der Waals surface area contributed by atoms with Crippen molar-refractivity contribution in [3.8, 4) is 0 Å². The van der Waals surface area contributed by atoms with Crippen molar-refractivity contribution >= 4 is 6.09 Å². The van der Waals surface area contributed by atoms with E-state index < -0.39 is 11.6 Å². The van der Waals surface area contributed by atoms with E-state index in [1.807, 2.05) is 26.8 Å². The number of amides is 1. The van der Waals surface area contributed by atoms with E-state index in [1.54, 1.807) is 0 Å². The highest BCUT2D eigenvalue weighted by Crippen LogP contribution is 2.29. The van der Waals surface area contributed by atoms with E-state index in [9.17, 15) is 9.90 Å². The molecule has 1 aliphatic heterocycles. The summed E-state index contributed by atoms with van der Waals surface area (Å²) >= 11 is 0. The fraction of sp³-hybridized carbons (Fsp3) is 0.435. The third-order valence-corrected chi connectivity index (χ3v) is 5.33. The maximum Gasteiger partial charge on any atom is 0.408 e. The molecule has 2 aromatic rings. The summed E-state index contributed by atoms with van der Waals surface area (Å²) in [5.74, 6) is 0.515. The van der Waals surface area contributed by atoms with Gasteiger partial charge in [-0.2, -0.15) is 0 Å². The summed E-state index contributed by atoms with van der Waals surface area (Å²) < 4.78 is 0. The number of nitrogens with zero attached hydrogens (tertiary/aromatic N) is 2. The number of hydrogen-bond acceptors (Lipinski definition) is 2. The molecule has 0 aromatic heterocycles. The molecule has 1 saturated heterocycles. The average Bonchev–Trinajstić information content (AvgIpc) is 3.08. The summed E-state index contributed by atoms with van der Waals surface area (Å²) in [5.41, 5.74) is 3.32. The SMILES string of the molecule is CC(C)(C)N(Cc1cccc(C2CCN(Cc3ccccc3)C2)c1)C(=O)O. The Morgan fingerprint density at radius 1 is 1.11 bits per heavy atom. The zero-order chi connectivity index (χ0) is 19.4. The van der Waals surface area contributed by atoms with Gasteiger partial charge in [-0.3, -0.25) is 9.80 Å². The topological polar surface area (TPSA) is 43.8 Å². The molecular formula is C23H30N2O2. The number of benzene rings is 2. The molecule has 3 rings (SSSR count). The molecule has 144 valence electrons. The second-order valence-corrected chi connectivity index (χ2v) is 8.49. The van der Waals surface area contributed by atoms with Gasteiger partial charge in [0.25, 0.3) is 0 Å². The van der Waals surface area contributed by atoms with E-state index >= 15 is 0 Å². The molecule has 0 radical (unpaired) electrons. The van der Waals surface area contributed by atoms with Crippen LogP contribution in [-0.4, -0.2) is 39.6 Å². The highest BCUT2D eigenvalue weighted by molar-refractivity contribution is 5.66. The predicted octanol–water partition coefficient (Wildman–Crippen LogP) is 4.95. The van der Waals surface area contributed by atoms with Crippen molar-refractivity contribution in [1.82, 2.24) is 9.80 Å². The van der Waals surface area contributed by atoms with Gasteiger partial charge in [0.05, 0.1) is 0 Å².